The quantitative estimate of drug-likeness (QED) is 0.202. The van der Waals surface area contributed by atoms with E-state index < -0.39 is 21.8 Å². The molecule has 2 unspecified atom stereocenters. The number of halogens is 12. The fourth-order valence-corrected chi connectivity index (χ4v) is 1.88. The van der Waals surface area contributed by atoms with Crippen LogP contribution in [0.4, 0.5) is 30.7 Å². The van der Waals surface area contributed by atoms with Crippen LogP contribution in [0.1, 0.15) is 0 Å². The van der Waals surface area contributed by atoms with Gasteiger partial charge in [0.1, 0.15) is 0 Å². The molecule has 0 aliphatic heterocycles. The van der Waals surface area contributed by atoms with Gasteiger partial charge in [0.2, 0.25) is 0 Å². The van der Waals surface area contributed by atoms with Crippen molar-refractivity contribution in [3.05, 3.63) is 0 Å². The fourth-order valence-electron chi connectivity index (χ4n) is 0.553. The molecule has 0 aromatic rings. The molecule has 0 aromatic heterocycles. The van der Waals surface area contributed by atoms with Crippen molar-refractivity contribution < 1.29 is 30.7 Å². The van der Waals surface area contributed by atoms with Gasteiger partial charge in [-0.15, -0.1) is 0 Å². The minimum atomic E-state index is -5.69. The van der Waals surface area contributed by atoms with E-state index in [0.29, 0.717) is 45.2 Å². The average Bonchev–Trinajstić information content (AvgIpc) is 1.98. The maximum Gasteiger partial charge on any atom is 0.354 e. The summed E-state index contributed by atoms with van der Waals surface area (Å²) in [6.45, 7) is 0. The second-order valence-electron chi connectivity index (χ2n) is 2.72. The Labute approximate surface area is 142 Å². The van der Waals surface area contributed by atoms with Crippen LogP contribution in [-0.2, 0) is 0 Å². The summed E-state index contributed by atoms with van der Waals surface area (Å²) in [5.41, 5.74) is 0. The second kappa shape index (κ2) is 5.24. The standard InChI is InChI=1S/C5Cl2F7I3/c6-1(8,4(12,13)15)3(10,11)2(7,9)5(14,16)17. The molecule has 0 nitrogen and oxygen atoms in total. The van der Waals surface area contributed by atoms with Crippen molar-refractivity contribution in [3.8, 4) is 0 Å². The van der Waals surface area contributed by atoms with E-state index in [1.165, 1.54) is 0 Å². The van der Waals surface area contributed by atoms with Gasteiger partial charge < -0.3 is 0 Å². The highest BCUT2D eigenvalue weighted by molar-refractivity contribution is 14.2. The Hall–Kier alpha value is 2.28. The molecular weight excluding hydrogens is 645 g/mol. The summed E-state index contributed by atoms with van der Waals surface area (Å²) < 4.78 is 82.7. The van der Waals surface area contributed by atoms with Crippen LogP contribution >= 0.6 is 91.0 Å². The first-order valence-electron chi connectivity index (χ1n) is 3.27. The summed E-state index contributed by atoms with van der Waals surface area (Å²) in [4.78, 5) is 0. The highest BCUT2D eigenvalue weighted by Gasteiger charge is 2.81. The van der Waals surface area contributed by atoms with Gasteiger partial charge in [0.25, 0.3) is 1.68 Å². The zero-order valence-electron chi connectivity index (χ0n) is 7.04. The normalized spacial score (nSPS) is 21.9. The first-order valence-corrected chi connectivity index (χ1v) is 7.26. The minimum absolute atomic E-state index is 0.0601. The molecule has 0 aliphatic carbocycles. The van der Waals surface area contributed by atoms with Gasteiger partial charge in [0, 0.05) is 22.6 Å². The molecular formula is C5Cl2F7I3. The minimum Gasteiger partial charge on any atom is -0.215 e. The van der Waals surface area contributed by atoms with Gasteiger partial charge >= 0.3 is 20.1 Å². The van der Waals surface area contributed by atoms with Crippen LogP contribution in [0.3, 0.4) is 0 Å². The molecule has 0 spiro atoms. The summed E-state index contributed by atoms with van der Waals surface area (Å²) in [6, 6.07) is 0. The molecule has 0 bridgehead atoms. The lowest BCUT2D eigenvalue weighted by molar-refractivity contribution is -0.211. The van der Waals surface area contributed by atoms with Crippen LogP contribution in [0, 0.1) is 0 Å². The third kappa shape index (κ3) is 3.31. The maximum atomic E-state index is 13.4. The lowest BCUT2D eigenvalue weighted by atomic mass is 10.1. The van der Waals surface area contributed by atoms with E-state index in [1.54, 1.807) is 0 Å². The number of rotatable bonds is 4. The molecule has 17 heavy (non-hydrogen) atoms. The van der Waals surface area contributed by atoms with Crippen molar-refractivity contribution in [1.29, 1.82) is 0 Å². The van der Waals surface area contributed by atoms with Crippen molar-refractivity contribution in [3.63, 3.8) is 0 Å². The molecule has 0 aliphatic rings. The summed E-state index contributed by atoms with van der Waals surface area (Å²) in [7, 11) is 0. The molecule has 2 atom stereocenters. The van der Waals surface area contributed by atoms with Crippen molar-refractivity contribution >= 4 is 91.0 Å². The molecule has 0 amide bonds. The summed E-state index contributed by atoms with van der Waals surface area (Å²) >= 11 is 9.74. The Balaban J connectivity index is 5.73. The van der Waals surface area contributed by atoms with E-state index in [1.807, 2.05) is 0 Å². The van der Waals surface area contributed by atoms with Gasteiger partial charge in [0.05, 0.1) is 0 Å². The predicted molar refractivity (Wildman–Crippen MR) is 75.2 cm³/mol. The highest BCUT2D eigenvalue weighted by Crippen LogP contribution is 2.62. The summed E-state index contributed by atoms with van der Waals surface area (Å²) in [6.07, 6.45) is 0. The van der Waals surface area contributed by atoms with E-state index in [9.17, 15) is 30.7 Å². The molecule has 0 aromatic carbocycles. The van der Waals surface area contributed by atoms with E-state index in [2.05, 4.69) is 23.2 Å². The molecule has 104 valence electrons. The van der Waals surface area contributed by atoms with Crippen molar-refractivity contribution in [2.75, 3.05) is 0 Å². The molecule has 0 radical (unpaired) electrons. The van der Waals surface area contributed by atoms with E-state index in [0.717, 1.165) is 0 Å². The van der Waals surface area contributed by atoms with Gasteiger partial charge in [-0.2, -0.15) is 17.6 Å². The number of hydrogen-bond acceptors (Lipinski definition) is 0. The van der Waals surface area contributed by atoms with Crippen molar-refractivity contribution in [2.24, 2.45) is 0 Å². The van der Waals surface area contributed by atoms with E-state index >= 15 is 0 Å². The first kappa shape index (κ1) is 19.3. The van der Waals surface area contributed by atoms with Gasteiger partial charge in [-0.25, -0.2) is 13.2 Å². The number of alkyl halides is 12. The summed E-state index contributed by atoms with van der Waals surface area (Å²) in [5.74, 6) is -5.69. The summed E-state index contributed by atoms with van der Waals surface area (Å²) in [5, 5.41) is -9.96. The molecule has 12 heteroatoms. The monoisotopic (exact) mass is 644 g/mol. The molecule has 0 saturated heterocycles. The van der Waals surface area contributed by atoms with Gasteiger partial charge in [-0.3, -0.25) is 0 Å². The Morgan fingerprint density at radius 1 is 0.647 bits per heavy atom. The molecule has 0 N–H and O–H groups in total. The fraction of sp³-hybridized carbons (Fsp3) is 1.00. The van der Waals surface area contributed by atoms with Gasteiger partial charge in [-0.05, 0) is 45.2 Å². The molecule has 0 rings (SSSR count). The Morgan fingerprint density at radius 3 is 1.12 bits per heavy atom. The van der Waals surface area contributed by atoms with E-state index in [-0.39, 0.29) is 22.6 Å². The molecule has 0 fully saturated rings. The van der Waals surface area contributed by atoms with Crippen LogP contribution in [0.5, 0.6) is 0 Å². The van der Waals surface area contributed by atoms with Crippen LogP contribution < -0.4 is 0 Å². The van der Waals surface area contributed by atoms with Gasteiger partial charge in [0.15, 0.2) is 0 Å². The Kier molecular flexibility index (Phi) is 5.94. The lowest BCUT2D eigenvalue weighted by Gasteiger charge is -2.39. The van der Waals surface area contributed by atoms with Crippen LogP contribution in [0.25, 0.3) is 0 Å². The van der Waals surface area contributed by atoms with Crippen LogP contribution in [0.15, 0.2) is 0 Å². The van der Waals surface area contributed by atoms with Gasteiger partial charge in [-0.1, -0.05) is 23.2 Å². The zero-order chi connectivity index (χ0) is 14.5. The first-order chi connectivity index (χ1) is 7.00. The van der Waals surface area contributed by atoms with Crippen LogP contribution in [-0.4, -0.2) is 21.8 Å². The lowest BCUT2D eigenvalue weighted by Crippen LogP contribution is -2.63. The average molecular weight is 645 g/mol. The van der Waals surface area contributed by atoms with E-state index in [4.69, 9.17) is 0 Å². The van der Waals surface area contributed by atoms with Crippen molar-refractivity contribution in [1.82, 2.24) is 0 Å². The smallest absolute Gasteiger partial charge is 0.215 e. The van der Waals surface area contributed by atoms with Crippen molar-refractivity contribution in [2.45, 2.75) is 21.8 Å². The third-order valence-corrected chi connectivity index (χ3v) is 5.66. The maximum absolute atomic E-state index is 13.4. The largest absolute Gasteiger partial charge is 0.354 e. The SMILES string of the molecule is FC(F)(I)C(F)(Cl)C(F)(F)C(F)(Cl)C(F)(I)I. The molecule has 0 saturated carbocycles. The predicted octanol–water partition coefficient (Wildman–Crippen LogP) is 5.95. The van der Waals surface area contributed by atoms with Crippen LogP contribution in [0.2, 0.25) is 0 Å². The number of hydrogen-bond donors (Lipinski definition) is 0. The third-order valence-electron chi connectivity index (χ3n) is 1.50. The molecule has 0 heterocycles. The Bertz CT molecular complexity index is 267. The zero-order valence-corrected chi connectivity index (χ0v) is 15.0. The second-order valence-corrected chi connectivity index (χ2v) is 10.2. The topological polar surface area (TPSA) is 0 Å². The highest BCUT2D eigenvalue weighted by atomic mass is 127. The Morgan fingerprint density at radius 2 is 0.941 bits per heavy atom.